The quantitative estimate of drug-likeness (QED) is 0.558. The van der Waals surface area contributed by atoms with Gasteiger partial charge in [-0.05, 0) is 74.0 Å². The molecule has 1 aliphatic heterocycles. The zero-order chi connectivity index (χ0) is 24.2. The highest BCUT2D eigenvalue weighted by Gasteiger charge is 2.27. The van der Waals surface area contributed by atoms with Crippen LogP contribution < -0.4 is 19.9 Å². The molecule has 7 nitrogen and oxygen atoms in total. The van der Waals surface area contributed by atoms with Crippen molar-refractivity contribution in [3.05, 3.63) is 83.4 Å². The number of methoxy groups -OCH3 is 1. The summed E-state index contributed by atoms with van der Waals surface area (Å²) in [4.78, 5) is 29.1. The van der Waals surface area contributed by atoms with Gasteiger partial charge in [-0.2, -0.15) is 0 Å². The highest BCUT2D eigenvalue weighted by atomic mass is 16.5. The van der Waals surface area contributed by atoms with E-state index in [1.165, 1.54) is 17.3 Å². The minimum atomic E-state index is -1.02. The fourth-order valence-corrected chi connectivity index (χ4v) is 4.37. The van der Waals surface area contributed by atoms with Crippen LogP contribution in [0.5, 0.6) is 5.75 Å². The van der Waals surface area contributed by atoms with Crippen molar-refractivity contribution in [3.63, 3.8) is 0 Å². The second-order valence-corrected chi connectivity index (χ2v) is 8.55. The lowest BCUT2D eigenvalue weighted by atomic mass is 10.1. The summed E-state index contributed by atoms with van der Waals surface area (Å²) in [5.74, 6) is -0.678. The second-order valence-electron chi connectivity index (χ2n) is 8.55. The molecule has 0 radical (unpaired) electrons. The van der Waals surface area contributed by atoms with Gasteiger partial charge in [0.2, 0.25) is 0 Å². The second kappa shape index (κ2) is 9.87. The van der Waals surface area contributed by atoms with E-state index in [-0.39, 0.29) is 17.5 Å². The number of amides is 1. The molecule has 7 heteroatoms. The maximum atomic E-state index is 12.6. The molecule has 1 unspecified atom stereocenters. The van der Waals surface area contributed by atoms with Gasteiger partial charge in [0.25, 0.3) is 5.91 Å². The molecule has 1 fully saturated rings. The highest BCUT2D eigenvalue weighted by molar-refractivity contribution is 6.05. The third-order valence-electron chi connectivity index (χ3n) is 6.14. The molecule has 0 aromatic heterocycles. The SMILES string of the molecule is COc1ccc(C(=O)Nc2ccc(N3CCN(c4cccc(C)c4)C(C)C3)c(C(=O)O)c2)cc1. The van der Waals surface area contributed by atoms with Crippen molar-refractivity contribution in [2.75, 3.05) is 41.9 Å². The van der Waals surface area contributed by atoms with Crippen LogP contribution in [0.1, 0.15) is 33.2 Å². The largest absolute Gasteiger partial charge is 0.497 e. The summed E-state index contributed by atoms with van der Waals surface area (Å²) < 4.78 is 5.12. The van der Waals surface area contributed by atoms with Crippen LogP contribution >= 0.6 is 0 Å². The van der Waals surface area contributed by atoms with E-state index in [9.17, 15) is 14.7 Å². The number of ether oxygens (including phenoxy) is 1. The number of anilines is 3. The first-order chi connectivity index (χ1) is 16.4. The first-order valence-electron chi connectivity index (χ1n) is 11.3. The van der Waals surface area contributed by atoms with E-state index in [0.29, 0.717) is 35.8 Å². The first kappa shape index (κ1) is 23.2. The van der Waals surface area contributed by atoms with E-state index < -0.39 is 5.97 Å². The molecule has 4 rings (SSSR count). The van der Waals surface area contributed by atoms with Crippen LogP contribution in [0.3, 0.4) is 0 Å². The predicted molar refractivity (Wildman–Crippen MR) is 135 cm³/mol. The Morgan fingerprint density at radius 1 is 1.03 bits per heavy atom. The summed E-state index contributed by atoms with van der Waals surface area (Å²) >= 11 is 0. The number of hydrogen-bond acceptors (Lipinski definition) is 5. The fourth-order valence-electron chi connectivity index (χ4n) is 4.37. The maximum Gasteiger partial charge on any atom is 0.337 e. The van der Waals surface area contributed by atoms with Gasteiger partial charge in [0.1, 0.15) is 5.75 Å². The number of carbonyl (C=O) groups excluding carboxylic acids is 1. The normalized spacial score (nSPS) is 15.7. The number of benzene rings is 3. The van der Waals surface area contributed by atoms with E-state index in [2.05, 4.69) is 53.2 Å². The molecule has 0 bridgehead atoms. The number of carboxylic acid groups (broad SMARTS) is 1. The van der Waals surface area contributed by atoms with Gasteiger partial charge in [-0.3, -0.25) is 4.79 Å². The van der Waals surface area contributed by atoms with Crippen molar-refractivity contribution in [3.8, 4) is 5.75 Å². The Morgan fingerprint density at radius 2 is 1.79 bits per heavy atom. The molecule has 0 saturated carbocycles. The first-order valence-corrected chi connectivity index (χ1v) is 11.3. The number of piperazine rings is 1. The van der Waals surface area contributed by atoms with Gasteiger partial charge >= 0.3 is 5.97 Å². The van der Waals surface area contributed by atoms with E-state index in [4.69, 9.17) is 4.74 Å². The monoisotopic (exact) mass is 459 g/mol. The predicted octanol–water partition coefficient (Wildman–Crippen LogP) is 4.67. The lowest BCUT2D eigenvalue weighted by molar-refractivity contribution is 0.0697. The van der Waals surface area contributed by atoms with E-state index in [1.807, 2.05) is 0 Å². The minimum Gasteiger partial charge on any atom is -0.497 e. The average molecular weight is 460 g/mol. The summed E-state index contributed by atoms with van der Waals surface area (Å²) in [6.07, 6.45) is 0. The lowest BCUT2D eigenvalue weighted by Crippen LogP contribution is -2.52. The van der Waals surface area contributed by atoms with Gasteiger partial charge in [0, 0.05) is 42.6 Å². The minimum absolute atomic E-state index is 0.170. The summed E-state index contributed by atoms with van der Waals surface area (Å²) in [5.41, 5.74) is 4.13. The summed E-state index contributed by atoms with van der Waals surface area (Å²) in [5, 5.41) is 12.7. The molecule has 1 saturated heterocycles. The van der Waals surface area contributed by atoms with E-state index in [0.717, 1.165) is 6.54 Å². The Kier molecular flexibility index (Phi) is 6.72. The van der Waals surface area contributed by atoms with E-state index in [1.54, 1.807) is 43.5 Å². The molecule has 1 aliphatic rings. The van der Waals surface area contributed by atoms with Gasteiger partial charge in [-0.25, -0.2) is 4.79 Å². The third kappa shape index (κ3) is 4.98. The number of carboxylic acids is 1. The molecule has 0 spiro atoms. The molecule has 0 aliphatic carbocycles. The lowest BCUT2D eigenvalue weighted by Gasteiger charge is -2.42. The van der Waals surface area contributed by atoms with E-state index >= 15 is 0 Å². The van der Waals surface area contributed by atoms with Crippen molar-refractivity contribution >= 4 is 28.9 Å². The average Bonchev–Trinajstić information content (AvgIpc) is 2.84. The zero-order valence-electron chi connectivity index (χ0n) is 19.6. The summed E-state index contributed by atoms with van der Waals surface area (Å²) in [6, 6.07) is 20.4. The fraction of sp³-hybridized carbons (Fsp3) is 0.259. The third-order valence-corrected chi connectivity index (χ3v) is 6.14. The Morgan fingerprint density at radius 3 is 2.44 bits per heavy atom. The van der Waals surface area contributed by atoms with Crippen molar-refractivity contribution in [1.82, 2.24) is 0 Å². The number of rotatable bonds is 6. The smallest absolute Gasteiger partial charge is 0.337 e. The molecule has 1 atom stereocenters. The molecular formula is C27H29N3O4. The number of hydrogen-bond donors (Lipinski definition) is 2. The van der Waals surface area contributed by atoms with Crippen LogP contribution in [0.25, 0.3) is 0 Å². The topological polar surface area (TPSA) is 82.1 Å². The molecule has 176 valence electrons. The van der Waals surface area contributed by atoms with Crippen LogP contribution in [-0.2, 0) is 0 Å². The Hall–Kier alpha value is -4.00. The summed E-state index contributed by atoms with van der Waals surface area (Å²) in [6.45, 7) is 6.43. The van der Waals surface area contributed by atoms with Gasteiger partial charge < -0.3 is 25.0 Å². The Bertz CT molecular complexity index is 1190. The highest BCUT2D eigenvalue weighted by Crippen LogP contribution is 2.29. The molecule has 34 heavy (non-hydrogen) atoms. The molecule has 3 aromatic rings. The number of aryl methyl sites for hydroxylation is 1. The molecule has 1 amide bonds. The van der Waals surface area contributed by atoms with Crippen LogP contribution in [0.15, 0.2) is 66.7 Å². The Balaban J connectivity index is 1.50. The van der Waals surface area contributed by atoms with Crippen LogP contribution in [-0.4, -0.2) is 49.8 Å². The van der Waals surface area contributed by atoms with Gasteiger partial charge in [0.15, 0.2) is 0 Å². The molecule has 1 heterocycles. The number of carbonyl (C=O) groups is 2. The van der Waals surface area contributed by atoms with Gasteiger partial charge in [-0.15, -0.1) is 0 Å². The number of nitrogens with zero attached hydrogens (tertiary/aromatic N) is 2. The molecule has 3 aromatic carbocycles. The molecule has 2 N–H and O–H groups in total. The van der Waals surface area contributed by atoms with Crippen LogP contribution in [0.4, 0.5) is 17.1 Å². The summed E-state index contributed by atoms with van der Waals surface area (Å²) in [7, 11) is 1.56. The van der Waals surface area contributed by atoms with Crippen molar-refractivity contribution in [2.24, 2.45) is 0 Å². The van der Waals surface area contributed by atoms with Crippen LogP contribution in [0.2, 0.25) is 0 Å². The maximum absolute atomic E-state index is 12.6. The standard InChI is InChI=1S/C27H29N3O4/c1-18-5-4-6-22(15-18)30-14-13-29(17-19(30)2)25-12-9-21(16-24(25)27(32)33)28-26(31)20-7-10-23(34-3)11-8-20/h4-12,15-16,19H,13-14,17H2,1-3H3,(H,28,31)(H,32,33). The Labute approximate surface area is 199 Å². The number of aromatic carboxylic acids is 1. The van der Waals surface area contributed by atoms with Crippen LogP contribution in [0, 0.1) is 6.92 Å². The van der Waals surface area contributed by atoms with Gasteiger partial charge in [-0.1, -0.05) is 12.1 Å². The zero-order valence-corrected chi connectivity index (χ0v) is 19.6. The van der Waals surface area contributed by atoms with Crippen molar-refractivity contribution in [1.29, 1.82) is 0 Å². The number of nitrogens with one attached hydrogen (secondary N) is 1. The van der Waals surface area contributed by atoms with Crippen molar-refractivity contribution in [2.45, 2.75) is 19.9 Å². The van der Waals surface area contributed by atoms with Crippen molar-refractivity contribution < 1.29 is 19.4 Å². The molecular weight excluding hydrogens is 430 g/mol. The van der Waals surface area contributed by atoms with Gasteiger partial charge in [0.05, 0.1) is 18.4 Å².